The molecule has 1 atom stereocenters. The van der Waals surface area contributed by atoms with Crippen LogP contribution in [-0.2, 0) is 0 Å². The highest BCUT2D eigenvalue weighted by atomic mass is 35.5. The molecule has 0 unspecified atom stereocenters. The van der Waals surface area contributed by atoms with E-state index in [2.05, 4.69) is 20.6 Å². The number of rotatable bonds is 3. The number of aromatic nitrogens is 3. The zero-order valence-corrected chi connectivity index (χ0v) is 15.9. The Morgan fingerprint density at radius 1 is 1.04 bits per heavy atom. The molecule has 0 amide bonds. The minimum atomic E-state index is 0.354. The first-order valence-electron chi connectivity index (χ1n) is 8.88. The van der Waals surface area contributed by atoms with Crippen LogP contribution in [0.4, 0.5) is 5.69 Å². The van der Waals surface area contributed by atoms with Crippen molar-refractivity contribution in [3.8, 4) is 11.4 Å². The zero-order chi connectivity index (χ0) is 18.4. The summed E-state index contributed by atoms with van der Waals surface area (Å²) < 4.78 is 0. The van der Waals surface area contributed by atoms with Crippen molar-refractivity contribution in [1.82, 2.24) is 20.3 Å². The van der Waals surface area contributed by atoms with E-state index < -0.39 is 0 Å². The maximum absolute atomic E-state index is 6.28. The first-order valence-corrected chi connectivity index (χ1v) is 9.64. The van der Waals surface area contributed by atoms with Crippen LogP contribution < -0.4 is 10.6 Å². The number of anilines is 1. The molecule has 0 radical (unpaired) electrons. The van der Waals surface area contributed by atoms with Gasteiger partial charge in [-0.05, 0) is 49.4 Å². The smallest absolute Gasteiger partial charge is 0.142 e. The van der Waals surface area contributed by atoms with Gasteiger partial charge in [-0.25, -0.2) is 4.98 Å². The highest BCUT2D eigenvalue weighted by molar-refractivity contribution is 6.31. The molecule has 2 aromatic carbocycles. The second kappa shape index (κ2) is 6.68. The summed E-state index contributed by atoms with van der Waals surface area (Å²) in [5.41, 5.74) is 4.59. The molecule has 2 aromatic heterocycles. The molecule has 0 aliphatic carbocycles. The van der Waals surface area contributed by atoms with Crippen LogP contribution in [0, 0.1) is 0 Å². The number of H-pyrrole nitrogens is 1. The molecular formula is C20H17Cl2N5. The molecule has 7 heteroatoms. The van der Waals surface area contributed by atoms with Crippen LogP contribution in [0.15, 0.2) is 42.6 Å². The molecule has 0 spiro atoms. The summed E-state index contributed by atoms with van der Waals surface area (Å²) in [5, 5.41) is 9.44. The van der Waals surface area contributed by atoms with Gasteiger partial charge >= 0.3 is 0 Å². The fourth-order valence-electron chi connectivity index (χ4n) is 3.59. The van der Waals surface area contributed by atoms with Gasteiger partial charge in [0.15, 0.2) is 0 Å². The number of hydrogen-bond acceptors (Lipinski definition) is 4. The van der Waals surface area contributed by atoms with Gasteiger partial charge in [-0.3, -0.25) is 4.98 Å². The number of pyridine rings is 1. The number of nitrogens with one attached hydrogen (secondary N) is 3. The number of fused-ring (bicyclic) bond motifs is 2. The highest BCUT2D eigenvalue weighted by Crippen LogP contribution is 2.35. The number of nitrogens with zero attached hydrogens (tertiary/aromatic N) is 2. The SMILES string of the molecule is Clc1ccc2nc(-c3cnc4ccc(Cl)cc4c3N[C@H]3CCNC3)[nH]c2c1. The van der Waals surface area contributed by atoms with Crippen LogP contribution in [0.5, 0.6) is 0 Å². The van der Waals surface area contributed by atoms with Crippen molar-refractivity contribution in [1.29, 1.82) is 0 Å². The summed E-state index contributed by atoms with van der Waals surface area (Å²) >= 11 is 12.4. The third-order valence-electron chi connectivity index (χ3n) is 4.94. The minimum absolute atomic E-state index is 0.354. The van der Waals surface area contributed by atoms with Crippen molar-refractivity contribution < 1.29 is 0 Å². The largest absolute Gasteiger partial charge is 0.380 e. The van der Waals surface area contributed by atoms with Crippen LogP contribution in [0.3, 0.4) is 0 Å². The number of aromatic amines is 1. The maximum atomic E-state index is 6.28. The molecule has 1 aliphatic rings. The van der Waals surface area contributed by atoms with Gasteiger partial charge in [-0.15, -0.1) is 0 Å². The molecule has 1 saturated heterocycles. The van der Waals surface area contributed by atoms with E-state index >= 15 is 0 Å². The van der Waals surface area contributed by atoms with Crippen LogP contribution in [-0.4, -0.2) is 34.1 Å². The van der Waals surface area contributed by atoms with Crippen LogP contribution >= 0.6 is 23.2 Å². The normalized spacial score (nSPS) is 17.0. The molecular weight excluding hydrogens is 381 g/mol. The zero-order valence-electron chi connectivity index (χ0n) is 14.4. The Hall–Kier alpha value is -2.34. The van der Waals surface area contributed by atoms with Crippen LogP contribution in [0.1, 0.15) is 6.42 Å². The maximum Gasteiger partial charge on any atom is 0.142 e. The molecule has 1 aliphatic heterocycles. The van der Waals surface area contributed by atoms with Crippen molar-refractivity contribution in [2.75, 3.05) is 18.4 Å². The highest BCUT2D eigenvalue weighted by Gasteiger charge is 2.20. The van der Waals surface area contributed by atoms with Gasteiger partial charge < -0.3 is 15.6 Å². The van der Waals surface area contributed by atoms with Gasteiger partial charge in [0.25, 0.3) is 0 Å². The Balaban J connectivity index is 1.71. The fourth-order valence-corrected chi connectivity index (χ4v) is 3.94. The number of imidazole rings is 1. The standard InChI is InChI=1S/C20H17Cl2N5/c21-11-1-3-16-14(7-11)19(25-13-5-6-23-9-13)15(10-24-16)20-26-17-4-2-12(22)8-18(17)27-20/h1-4,7-8,10,13,23H,5-6,9H2,(H,24,25)(H,26,27)/t13-/m0/s1. The molecule has 5 nitrogen and oxygen atoms in total. The van der Waals surface area contributed by atoms with E-state index in [-0.39, 0.29) is 0 Å². The molecule has 0 bridgehead atoms. The lowest BCUT2D eigenvalue weighted by molar-refractivity contribution is 0.794. The van der Waals surface area contributed by atoms with Gasteiger partial charge in [-0.2, -0.15) is 0 Å². The third kappa shape index (κ3) is 3.12. The Morgan fingerprint density at radius 2 is 1.85 bits per heavy atom. The second-order valence-electron chi connectivity index (χ2n) is 6.79. The lowest BCUT2D eigenvalue weighted by atomic mass is 10.1. The third-order valence-corrected chi connectivity index (χ3v) is 5.41. The first kappa shape index (κ1) is 16.8. The molecule has 3 N–H and O–H groups in total. The summed E-state index contributed by atoms with van der Waals surface area (Å²) in [7, 11) is 0. The average molecular weight is 398 g/mol. The molecule has 5 rings (SSSR count). The summed E-state index contributed by atoms with van der Waals surface area (Å²) in [6.45, 7) is 1.94. The monoisotopic (exact) mass is 397 g/mol. The molecule has 27 heavy (non-hydrogen) atoms. The summed E-state index contributed by atoms with van der Waals surface area (Å²) in [6, 6.07) is 11.8. The molecule has 136 valence electrons. The van der Waals surface area contributed by atoms with Crippen LogP contribution in [0.2, 0.25) is 10.0 Å². The predicted octanol–water partition coefficient (Wildman–Crippen LogP) is 4.86. The van der Waals surface area contributed by atoms with Gasteiger partial charge in [-0.1, -0.05) is 23.2 Å². The Bertz CT molecular complexity index is 1150. The molecule has 3 heterocycles. The fraction of sp³-hybridized carbons (Fsp3) is 0.200. The molecule has 4 aromatic rings. The average Bonchev–Trinajstić information content (AvgIpc) is 3.31. The van der Waals surface area contributed by atoms with Crippen molar-refractivity contribution in [2.24, 2.45) is 0 Å². The first-order chi connectivity index (χ1) is 13.2. The van der Waals surface area contributed by atoms with Gasteiger partial charge in [0.1, 0.15) is 5.82 Å². The number of halogens is 2. The Labute approximate surface area is 166 Å². The van der Waals surface area contributed by atoms with E-state index in [1.165, 1.54) is 0 Å². The lowest BCUT2D eigenvalue weighted by Gasteiger charge is -2.18. The van der Waals surface area contributed by atoms with E-state index in [9.17, 15) is 0 Å². The summed E-state index contributed by atoms with van der Waals surface area (Å²) in [6.07, 6.45) is 2.93. The van der Waals surface area contributed by atoms with Gasteiger partial charge in [0.05, 0.1) is 27.8 Å². The second-order valence-corrected chi connectivity index (χ2v) is 7.66. The summed E-state index contributed by atoms with van der Waals surface area (Å²) in [5.74, 6) is 0.759. The topological polar surface area (TPSA) is 65.6 Å². The number of benzene rings is 2. The van der Waals surface area contributed by atoms with E-state index in [4.69, 9.17) is 28.2 Å². The Kier molecular flexibility index (Phi) is 4.16. The Morgan fingerprint density at radius 3 is 2.67 bits per heavy atom. The van der Waals surface area contributed by atoms with Gasteiger partial charge in [0.2, 0.25) is 0 Å². The van der Waals surface area contributed by atoms with Crippen molar-refractivity contribution in [3.63, 3.8) is 0 Å². The quantitative estimate of drug-likeness (QED) is 0.461. The summed E-state index contributed by atoms with van der Waals surface area (Å²) in [4.78, 5) is 12.7. The van der Waals surface area contributed by atoms with Gasteiger partial charge in [0, 0.05) is 34.2 Å². The molecule has 0 saturated carbocycles. The van der Waals surface area contributed by atoms with Crippen molar-refractivity contribution >= 4 is 50.8 Å². The predicted molar refractivity (Wildman–Crippen MR) is 112 cm³/mol. The lowest BCUT2D eigenvalue weighted by Crippen LogP contribution is -2.22. The van der Waals surface area contributed by atoms with Crippen molar-refractivity contribution in [2.45, 2.75) is 12.5 Å². The van der Waals surface area contributed by atoms with Crippen LogP contribution in [0.25, 0.3) is 33.3 Å². The van der Waals surface area contributed by atoms with E-state index in [0.717, 1.165) is 58.5 Å². The molecule has 1 fully saturated rings. The van der Waals surface area contributed by atoms with E-state index in [1.807, 2.05) is 42.6 Å². The van der Waals surface area contributed by atoms with E-state index in [1.54, 1.807) is 0 Å². The number of hydrogen-bond donors (Lipinski definition) is 3. The minimum Gasteiger partial charge on any atom is -0.380 e. The van der Waals surface area contributed by atoms with E-state index in [0.29, 0.717) is 16.1 Å². The van der Waals surface area contributed by atoms with Crippen molar-refractivity contribution in [3.05, 3.63) is 52.6 Å².